The predicted octanol–water partition coefficient (Wildman–Crippen LogP) is 3.83. The van der Waals surface area contributed by atoms with E-state index in [4.69, 9.17) is 0 Å². The maximum atomic E-state index is 12.8. The summed E-state index contributed by atoms with van der Waals surface area (Å²) < 4.78 is 0. The van der Waals surface area contributed by atoms with E-state index in [1.807, 2.05) is 51.1 Å². The largest absolute Gasteiger partial charge is 0.341 e. The molecular formula is C20H26N4O. The molecule has 0 radical (unpaired) electrons. The minimum absolute atomic E-state index is 0.00239. The smallest absolute Gasteiger partial charge is 0.232 e. The average Bonchev–Trinajstić information content (AvgIpc) is 3.14. The topological polar surface area (TPSA) is 58.1 Å². The first kappa shape index (κ1) is 17.4. The molecular weight excluding hydrogens is 312 g/mol. The number of nitrogens with one attached hydrogen (secondary N) is 1. The van der Waals surface area contributed by atoms with Gasteiger partial charge in [-0.1, -0.05) is 37.3 Å². The molecule has 0 saturated carbocycles. The summed E-state index contributed by atoms with van der Waals surface area (Å²) in [5.41, 5.74) is 3.42. The van der Waals surface area contributed by atoms with Crippen molar-refractivity contribution in [3.05, 3.63) is 47.3 Å². The minimum atomic E-state index is -0.168. The highest BCUT2D eigenvalue weighted by molar-refractivity contribution is 5.96. The van der Waals surface area contributed by atoms with Crippen molar-refractivity contribution in [2.75, 3.05) is 23.3 Å². The van der Waals surface area contributed by atoms with Crippen molar-refractivity contribution in [1.82, 2.24) is 9.97 Å². The van der Waals surface area contributed by atoms with Crippen LogP contribution < -0.4 is 10.2 Å². The summed E-state index contributed by atoms with van der Waals surface area (Å²) in [6, 6.07) is 9.90. The number of carbonyl (C=O) groups excluding carboxylic acids is 1. The Morgan fingerprint density at radius 1 is 1.12 bits per heavy atom. The second kappa shape index (κ2) is 7.64. The SMILES string of the molecule is CCC(C(=O)Nc1c(C)nc(N2CCCC2)nc1C)c1ccccc1. The average molecular weight is 338 g/mol. The quantitative estimate of drug-likeness (QED) is 0.900. The zero-order valence-electron chi connectivity index (χ0n) is 15.2. The van der Waals surface area contributed by atoms with Gasteiger partial charge in [0.25, 0.3) is 0 Å². The van der Waals surface area contributed by atoms with Gasteiger partial charge in [-0.05, 0) is 38.7 Å². The van der Waals surface area contributed by atoms with Gasteiger partial charge in [0, 0.05) is 13.1 Å². The molecule has 1 unspecified atom stereocenters. The van der Waals surface area contributed by atoms with Gasteiger partial charge in [-0.15, -0.1) is 0 Å². The highest BCUT2D eigenvalue weighted by Gasteiger charge is 2.22. The van der Waals surface area contributed by atoms with E-state index in [0.717, 1.165) is 48.1 Å². The highest BCUT2D eigenvalue weighted by atomic mass is 16.1. The molecule has 1 aliphatic heterocycles. The van der Waals surface area contributed by atoms with Crippen molar-refractivity contribution in [3.8, 4) is 0 Å². The van der Waals surface area contributed by atoms with E-state index in [9.17, 15) is 4.79 Å². The van der Waals surface area contributed by atoms with E-state index in [-0.39, 0.29) is 11.8 Å². The standard InChI is InChI=1S/C20H26N4O/c1-4-17(16-10-6-5-7-11-16)19(25)23-18-14(2)21-20(22-15(18)3)24-12-8-9-13-24/h5-7,10-11,17H,4,8-9,12-13H2,1-3H3,(H,23,25). The third kappa shape index (κ3) is 3.81. The number of anilines is 2. The Hall–Kier alpha value is -2.43. The second-order valence-corrected chi connectivity index (χ2v) is 6.62. The molecule has 2 aromatic rings. The van der Waals surface area contributed by atoms with E-state index >= 15 is 0 Å². The van der Waals surface area contributed by atoms with Gasteiger partial charge in [0.1, 0.15) is 0 Å². The van der Waals surface area contributed by atoms with Gasteiger partial charge in [-0.3, -0.25) is 4.79 Å². The molecule has 5 heteroatoms. The molecule has 1 N–H and O–H groups in total. The maximum absolute atomic E-state index is 12.8. The van der Waals surface area contributed by atoms with E-state index in [2.05, 4.69) is 20.2 Å². The van der Waals surface area contributed by atoms with Crippen LogP contribution >= 0.6 is 0 Å². The Morgan fingerprint density at radius 3 is 2.28 bits per heavy atom. The van der Waals surface area contributed by atoms with Gasteiger partial charge in [-0.2, -0.15) is 0 Å². The Morgan fingerprint density at radius 2 is 1.72 bits per heavy atom. The number of aromatic nitrogens is 2. The monoisotopic (exact) mass is 338 g/mol. The molecule has 25 heavy (non-hydrogen) atoms. The van der Waals surface area contributed by atoms with Crippen molar-refractivity contribution in [2.24, 2.45) is 0 Å². The number of nitrogens with zero attached hydrogens (tertiary/aromatic N) is 3. The summed E-state index contributed by atoms with van der Waals surface area (Å²) in [4.78, 5) is 24.3. The predicted molar refractivity (Wildman–Crippen MR) is 101 cm³/mol. The molecule has 3 rings (SSSR count). The molecule has 5 nitrogen and oxygen atoms in total. The van der Waals surface area contributed by atoms with Crippen LogP contribution in [-0.2, 0) is 4.79 Å². The van der Waals surface area contributed by atoms with Crippen LogP contribution in [0.5, 0.6) is 0 Å². The Bertz CT molecular complexity index is 716. The van der Waals surface area contributed by atoms with Crippen LogP contribution in [-0.4, -0.2) is 29.0 Å². The van der Waals surface area contributed by atoms with Crippen molar-refractivity contribution in [1.29, 1.82) is 0 Å². The fourth-order valence-electron chi connectivity index (χ4n) is 3.41. The number of amides is 1. The van der Waals surface area contributed by atoms with Gasteiger partial charge >= 0.3 is 0 Å². The summed E-state index contributed by atoms with van der Waals surface area (Å²) in [6.07, 6.45) is 3.13. The van der Waals surface area contributed by atoms with Crippen LogP contribution in [0.25, 0.3) is 0 Å². The molecule has 0 spiro atoms. The lowest BCUT2D eigenvalue weighted by molar-refractivity contribution is -0.117. The number of carbonyl (C=O) groups is 1. The Labute approximate surface area is 149 Å². The normalized spacial score (nSPS) is 15.2. The summed E-state index contributed by atoms with van der Waals surface area (Å²) in [6.45, 7) is 7.93. The van der Waals surface area contributed by atoms with Crippen LogP contribution in [0.1, 0.15) is 49.1 Å². The first-order chi connectivity index (χ1) is 12.1. The highest BCUT2D eigenvalue weighted by Crippen LogP contribution is 2.26. The lowest BCUT2D eigenvalue weighted by Gasteiger charge is -2.20. The number of hydrogen-bond acceptors (Lipinski definition) is 4. The van der Waals surface area contributed by atoms with Crippen molar-refractivity contribution >= 4 is 17.5 Å². The lowest BCUT2D eigenvalue weighted by atomic mass is 9.95. The van der Waals surface area contributed by atoms with E-state index < -0.39 is 0 Å². The third-order valence-electron chi connectivity index (χ3n) is 4.82. The Kier molecular flexibility index (Phi) is 5.31. The summed E-state index contributed by atoms with van der Waals surface area (Å²) >= 11 is 0. The van der Waals surface area contributed by atoms with Crippen LogP contribution in [0, 0.1) is 13.8 Å². The van der Waals surface area contributed by atoms with Gasteiger partial charge in [0.15, 0.2) is 0 Å². The zero-order valence-corrected chi connectivity index (χ0v) is 15.2. The van der Waals surface area contributed by atoms with Crippen molar-refractivity contribution in [3.63, 3.8) is 0 Å². The molecule has 132 valence electrons. The molecule has 1 aromatic carbocycles. The minimum Gasteiger partial charge on any atom is -0.341 e. The molecule has 1 fully saturated rings. The van der Waals surface area contributed by atoms with Crippen LogP contribution in [0.3, 0.4) is 0 Å². The van der Waals surface area contributed by atoms with Gasteiger partial charge in [0.2, 0.25) is 11.9 Å². The summed E-state index contributed by atoms with van der Waals surface area (Å²) in [5.74, 6) is 0.608. The van der Waals surface area contributed by atoms with Crippen LogP contribution in [0.2, 0.25) is 0 Å². The summed E-state index contributed by atoms with van der Waals surface area (Å²) in [7, 11) is 0. The molecule has 2 heterocycles. The van der Waals surface area contributed by atoms with E-state index in [1.54, 1.807) is 0 Å². The maximum Gasteiger partial charge on any atom is 0.232 e. The molecule has 1 amide bonds. The fourth-order valence-corrected chi connectivity index (χ4v) is 3.41. The molecule has 0 aliphatic carbocycles. The molecule has 1 saturated heterocycles. The number of hydrogen-bond donors (Lipinski definition) is 1. The van der Waals surface area contributed by atoms with Gasteiger partial charge < -0.3 is 10.2 Å². The van der Waals surface area contributed by atoms with Gasteiger partial charge in [-0.25, -0.2) is 9.97 Å². The number of aryl methyl sites for hydroxylation is 2. The Balaban J connectivity index is 1.81. The van der Waals surface area contributed by atoms with Gasteiger partial charge in [0.05, 0.1) is 23.0 Å². The third-order valence-corrected chi connectivity index (χ3v) is 4.82. The van der Waals surface area contributed by atoms with E-state index in [0.29, 0.717) is 0 Å². The van der Waals surface area contributed by atoms with Crippen molar-refractivity contribution in [2.45, 2.75) is 46.0 Å². The van der Waals surface area contributed by atoms with Crippen LogP contribution in [0.4, 0.5) is 11.6 Å². The van der Waals surface area contributed by atoms with E-state index in [1.165, 1.54) is 12.8 Å². The molecule has 1 aromatic heterocycles. The molecule has 0 bridgehead atoms. The summed E-state index contributed by atoms with van der Waals surface area (Å²) in [5, 5.41) is 3.06. The lowest BCUT2D eigenvalue weighted by Crippen LogP contribution is -2.24. The first-order valence-electron chi connectivity index (χ1n) is 9.06. The molecule has 1 aliphatic rings. The number of rotatable bonds is 5. The van der Waals surface area contributed by atoms with Crippen LogP contribution in [0.15, 0.2) is 30.3 Å². The first-order valence-corrected chi connectivity index (χ1v) is 9.06. The number of benzene rings is 1. The zero-order chi connectivity index (χ0) is 17.8. The second-order valence-electron chi connectivity index (χ2n) is 6.62. The van der Waals surface area contributed by atoms with Crippen molar-refractivity contribution < 1.29 is 4.79 Å². The fraction of sp³-hybridized carbons (Fsp3) is 0.450. The molecule has 1 atom stereocenters.